The Morgan fingerprint density at radius 2 is 1.61 bits per heavy atom. The van der Waals surface area contributed by atoms with Crippen LogP contribution in [-0.4, -0.2) is 72.2 Å². The molecule has 3 aliphatic heterocycles. The lowest BCUT2D eigenvalue weighted by molar-refractivity contribution is -0.143. The van der Waals surface area contributed by atoms with Gasteiger partial charge in [-0.2, -0.15) is 26.3 Å². The van der Waals surface area contributed by atoms with Gasteiger partial charge in [0.05, 0.1) is 41.6 Å². The third-order valence-electron chi connectivity index (χ3n) is 7.54. The number of amides is 3. The van der Waals surface area contributed by atoms with Crippen LogP contribution >= 0.6 is 11.6 Å². The van der Waals surface area contributed by atoms with Gasteiger partial charge in [-0.25, -0.2) is 4.79 Å². The summed E-state index contributed by atoms with van der Waals surface area (Å²) < 4.78 is 85.2. The number of ether oxygens (including phenoxy) is 1. The topological polar surface area (TPSA) is 82.2 Å². The number of hydrogen-bond donors (Lipinski definition) is 1. The van der Waals surface area contributed by atoms with Gasteiger partial charge >= 0.3 is 18.4 Å². The van der Waals surface area contributed by atoms with Crippen LogP contribution < -0.4 is 10.2 Å². The lowest BCUT2D eigenvalue weighted by Gasteiger charge is -2.43. The van der Waals surface area contributed by atoms with Crippen LogP contribution in [0.4, 0.5) is 36.8 Å². The Morgan fingerprint density at radius 3 is 2.15 bits per heavy atom. The highest BCUT2D eigenvalue weighted by Gasteiger charge is 2.55. The average molecular weight is 605 g/mol. The number of rotatable bonds is 4. The summed E-state index contributed by atoms with van der Waals surface area (Å²) in [5.41, 5.74) is -4.57. The predicted molar refractivity (Wildman–Crippen MR) is 133 cm³/mol. The Hall–Kier alpha value is -3.68. The van der Waals surface area contributed by atoms with Crippen molar-refractivity contribution in [2.45, 2.75) is 36.8 Å². The molecule has 1 atom stereocenters. The van der Waals surface area contributed by atoms with Crippen molar-refractivity contribution in [2.24, 2.45) is 0 Å². The van der Waals surface area contributed by atoms with E-state index in [1.54, 1.807) is 29.2 Å². The first-order chi connectivity index (χ1) is 19.2. The van der Waals surface area contributed by atoms with Crippen molar-refractivity contribution >= 4 is 35.2 Å². The van der Waals surface area contributed by atoms with Crippen LogP contribution in [-0.2, 0) is 21.9 Å². The number of carbonyl (C=O) groups is 3. The number of piperidine rings is 1. The number of likely N-dealkylation sites (tertiary alicyclic amines) is 1. The van der Waals surface area contributed by atoms with Crippen molar-refractivity contribution in [3.8, 4) is 0 Å². The molecule has 0 aliphatic carbocycles. The van der Waals surface area contributed by atoms with Gasteiger partial charge in [-0.15, -0.1) is 0 Å². The molecule has 3 aliphatic rings. The molecule has 0 saturated carbocycles. The molecule has 0 aromatic heterocycles. The van der Waals surface area contributed by atoms with E-state index in [0.29, 0.717) is 22.8 Å². The molecule has 1 spiro atoms. The van der Waals surface area contributed by atoms with E-state index in [1.165, 1.54) is 4.90 Å². The molecule has 1 unspecified atom stereocenters. The number of nitrogens with one attached hydrogen (secondary N) is 1. The monoisotopic (exact) mass is 604 g/mol. The summed E-state index contributed by atoms with van der Waals surface area (Å²) in [5.74, 6) is -1.32. The fraction of sp³-hybridized carbons (Fsp3) is 0.423. The van der Waals surface area contributed by atoms with Crippen LogP contribution in [0.15, 0.2) is 42.5 Å². The van der Waals surface area contributed by atoms with Crippen LogP contribution in [0.25, 0.3) is 0 Å². The number of hydrogen-bond acceptors (Lipinski definition) is 5. The predicted octanol–water partition coefficient (Wildman–Crippen LogP) is 4.77. The van der Waals surface area contributed by atoms with Gasteiger partial charge in [-0.1, -0.05) is 23.7 Å². The Labute approximate surface area is 234 Å². The molecule has 2 aromatic rings. The molecule has 8 nitrogen and oxygen atoms in total. The van der Waals surface area contributed by atoms with E-state index < -0.39 is 52.7 Å². The smallest absolute Gasteiger partial charge is 0.416 e. The third-order valence-corrected chi connectivity index (χ3v) is 7.86. The molecule has 5 rings (SSSR count). The Balaban J connectivity index is 1.41. The molecule has 0 bridgehead atoms. The third kappa shape index (κ3) is 5.48. The van der Waals surface area contributed by atoms with Crippen molar-refractivity contribution < 1.29 is 45.5 Å². The number of nitrogens with zero attached hydrogens (tertiary/aromatic N) is 3. The van der Waals surface area contributed by atoms with Crippen molar-refractivity contribution in [2.75, 3.05) is 37.7 Å². The second-order valence-corrected chi connectivity index (χ2v) is 10.5. The standard InChI is InChI=1S/C26H23ClF6N4O4/c27-19-3-1-2-4-20(19)37-14-36(13-18-12-34-23(40)41-18)22(39)24(37)5-7-35(8-6-24)21(38)15-9-16(25(28,29)30)11-17(10-15)26(31,32)33/h1-4,9-11,18H,5-8,12-14H2,(H,34,40). The molecule has 3 amide bonds. The number of para-hydroxylation sites is 1. The van der Waals surface area contributed by atoms with E-state index in [4.69, 9.17) is 16.3 Å². The SMILES string of the molecule is O=C1NCC(CN2CN(c3ccccc3Cl)C3(CCN(C(=O)c4cc(C(F)(F)F)cc(C(F)(F)F)c4)CC3)C2=O)O1. The second kappa shape index (κ2) is 10.3. The van der Waals surface area contributed by atoms with Gasteiger partial charge < -0.3 is 24.8 Å². The molecule has 220 valence electrons. The lowest BCUT2D eigenvalue weighted by atomic mass is 9.85. The van der Waals surface area contributed by atoms with Gasteiger partial charge in [0.25, 0.3) is 5.91 Å². The van der Waals surface area contributed by atoms with Crippen molar-refractivity contribution in [3.05, 3.63) is 64.2 Å². The zero-order valence-electron chi connectivity index (χ0n) is 21.2. The van der Waals surface area contributed by atoms with Gasteiger partial charge in [0, 0.05) is 18.7 Å². The first kappa shape index (κ1) is 28.8. The van der Waals surface area contributed by atoms with Gasteiger partial charge in [0.2, 0.25) is 5.91 Å². The molecule has 2 aromatic carbocycles. The molecule has 3 heterocycles. The summed E-state index contributed by atoms with van der Waals surface area (Å²) in [6.45, 7) is 0.162. The van der Waals surface area contributed by atoms with Gasteiger partial charge in [0.15, 0.2) is 0 Å². The van der Waals surface area contributed by atoms with E-state index in [1.807, 2.05) is 0 Å². The summed E-state index contributed by atoms with van der Waals surface area (Å²) >= 11 is 6.45. The van der Waals surface area contributed by atoms with E-state index in [9.17, 15) is 40.7 Å². The van der Waals surface area contributed by atoms with Gasteiger partial charge in [-0.3, -0.25) is 9.59 Å². The summed E-state index contributed by atoms with van der Waals surface area (Å²) in [6.07, 6.45) is -11.3. The van der Waals surface area contributed by atoms with E-state index in [-0.39, 0.29) is 57.7 Å². The first-order valence-electron chi connectivity index (χ1n) is 12.5. The number of anilines is 1. The van der Waals surface area contributed by atoms with Crippen LogP contribution in [0.1, 0.15) is 34.3 Å². The van der Waals surface area contributed by atoms with Gasteiger partial charge in [-0.05, 0) is 43.2 Å². The molecule has 3 saturated heterocycles. The molecule has 15 heteroatoms. The van der Waals surface area contributed by atoms with Crippen LogP contribution in [0.5, 0.6) is 0 Å². The maximum atomic E-state index is 13.8. The number of alkyl halides is 6. The average Bonchev–Trinajstić information content (AvgIpc) is 3.44. The maximum absolute atomic E-state index is 13.8. The molecule has 1 N–H and O–H groups in total. The Bertz CT molecular complexity index is 1340. The van der Waals surface area contributed by atoms with Gasteiger partial charge in [0.1, 0.15) is 11.6 Å². The molecular formula is C26H23ClF6N4O4. The number of halogens is 7. The fourth-order valence-electron chi connectivity index (χ4n) is 5.50. The second-order valence-electron chi connectivity index (χ2n) is 10.1. The summed E-state index contributed by atoms with van der Waals surface area (Å²) in [6, 6.07) is 7.57. The number of carbonyl (C=O) groups excluding carboxylic acids is 3. The van der Waals surface area contributed by atoms with Crippen LogP contribution in [0, 0.1) is 0 Å². The van der Waals surface area contributed by atoms with Crippen LogP contribution in [0.3, 0.4) is 0 Å². The number of cyclic esters (lactones) is 1. The fourth-order valence-corrected chi connectivity index (χ4v) is 5.74. The summed E-state index contributed by atoms with van der Waals surface area (Å²) in [5, 5.41) is 2.88. The zero-order chi connectivity index (χ0) is 29.7. The highest BCUT2D eigenvalue weighted by Crippen LogP contribution is 2.43. The van der Waals surface area contributed by atoms with E-state index in [0.717, 1.165) is 4.90 Å². The lowest BCUT2D eigenvalue weighted by Crippen LogP contribution is -2.57. The Morgan fingerprint density at radius 1 is 1.00 bits per heavy atom. The minimum Gasteiger partial charge on any atom is -0.442 e. The van der Waals surface area contributed by atoms with Crippen LogP contribution in [0.2, 0.25) is 5.02 Å². The quantitative estimate of drug-likeness (QED) is 0.509. The highest BCUT2D eigenvalue weighted by molar-refractivity contribution is 6.33. The number of alkyl carbamates (subject to hydrolysis) is 1. The number of benzene rings is 2. The molecule has 3 fully saturated rings. The highest BCUT2D eigenvalue weighted by atomic mass is 35.5. The largest absolute Gasteiger partial charge is 0.442 e. The van der Waals surface area contributed by atoms with E-state index in [2.05, 4.69) is 5.32 Å². The maximum Gasteiger partial charge on any atom is 0.416 e. The van der Waals surface area contributed by atoms with Crippen molar-refractivity contribution in [1.29, 1.82) is 0 Å². The zero-order valence-corrected chi connectivity index (χ0v) is 21.9. The summed E-state index contributed by atoms with van der Waals surface area (Å²) in [4.78, 5) is 42.9. The molecular weight excluding hydrogens is 582 g/mol. The normalized spacial score (nSPS) is 21.0. The molecule has 41 heavy (non-hydrogen) atoms. The van der Waals surface area contributed by atoms with E-state index >= 15 is 0 Å². The molecule has 0 radical (unpaired) electrons. The first-order valence-corrected chi connectivity index (χ1v) is 12.9. The summed E-state index contributed by atoms with van der Waals surface area (Å²) in [7, 11) is 0. The minimum absolute atomic E-state index is 0.0348. The van der Waals surface area contributed by atoms with Crippen molar-refractivity contribution in [1.82, 2.24) is 15.1 Å². The minimum atomic E-state index is -5.10. The Kier molecular flexibility index (Phi) is 7.24. The van der Waals surface area contributed by atoms with Crippen molar-refractivity contribution in [3.63, 3.8) is 0 Å².